The van der Waals surface area contributed by atoms with Gasteiger partial charge < -0.3 is 39.5 Å². The standard InChI is InChI=1S/C39H64N2O9/c1-7-31(43)28(4)36-32(48-36)25-38(5,46)18-10-12-26(2)35-27(3)15-16-33(39(6,47)19-17-30(42)24-34(44)50-35)49-37(45)41-21-11-20-40(22-23-41)29-13-8-9-14-29/h10,12,15-16,18,27-33,35-36,42-43,46-47H,7-9,11,13-14,17,19-25H2,1-6H3/b16-15-,18-10+,26-12+. The van der Waals surface area contributed by atoms with Crippen molar-refractivity contribution in [2.75, 3.05) is 26.2 Å². The van der Waals surface area contributed by atoms with E-state index in [1.165, 1.54) is 25.7 Å². The van der Waals surface area contributed by atoms with Crippen molar-refractivity contribution in [3.05, 3.63) is 36.0 Å². The highest BCUT2D eigenvalue weighted by molar-refractivity contribution is 5.70. The third kappa shape index (κ3) is 11.6. The monoisotopic (exact) mass is 704 g/mol. The molecule has 50 heavy (non-hydrogen) atoms. The van der Waals surface area contributed by atoms with Gasteiger partial charge in [-0.25, -0.2) is 4.79 Å². The molecule has 284 valence electrons. The third-order valence-electron chi connectivity index (χ3n) is 11.2. The van der Waals surface area contributed by atoms with Gasteiger partial charge >= 0.3 is 12.1 Å². The van der Waals surface area contributed by atoms with Crippen molar-refractivity contribution in [3.8, 4) is 0 Å². The first-order valence-corrected chi connectivity index (χ1v) is 19.0. The molecular weight excluding hydrogens is 640 g/mol. The van der Waals surface area contributed by atoms with Gasteiger partial charge in [0.1, 0.15) is 11.7 Å². The van der Waals surface area contributed by atoms with Crippen molar-refractivity contribution in [2.45, 2.75) is 160 Å². The molecule has 1 aliphatic carbocycles. The van der Waals surface area contributed by atoms with Gasteiger partial charge in [0.15, 0.2) is 6.10 Å². The minimum absolute atomic E-state index is 0.0101. The number of aliphatic hydroxyl groups is 4. The van der Waals surface area contributed by atoms with E-state index < -0.39 is 47.7 Å². The van der Waals surface area contributed by atoms with Crippen LogP contribution >= 0.6 is 0 Å². The number of hydrogen-bond donors (Lipinski definition) is 4. The van der Waals surface area contributed by atoms with Gasteiger partial charge in [0.25, 0.3) is 0 Å². The minimum Gasteiger partial charge on any atom is -0.457 e. The predicted octanol–water partition coefficient (Wildman–Crippen LogP) is 4.66. The molecule has 4 N–H and O–H groups in total. The van der Waals surface area contributed by atoms with Crippen molar-refractivity contribution >= 4 is 12.1 Å². The van der Waals surface area contributed by atoms with E-state index in [9.17, 15) is 30.0 Å². The van der Waals surface area contributed by atoms with Gasteiger partial charge in [-0.15, -0.1) is 0 Å². The lowest BCUT2D eigenvalue weighted by atomic mass is 9.88. The van der Waals surface area contributed by atoms with E-state index in [4.69, 9.17) is 14.2 Å². The number of epoxide rings is 1. The molecule has 4 rings (SSSR count). The fraction of sp³-hybridized carbons (Fsp3) is 0.795. The minimum atomic E-state index is -1.48. The fourth-order valence-electron chi connectivity index (χ4n) is 7.74. The maximum atomic E-state index is 13.5. The van der Waals surface area contributed by atoms with Crippen LogP contribution in [-0.2, 0) is 19.0 Å². The zero-order valence-corrected chi connectivity index (χ0v) is 31.2. The molecule has 0 radical (unpaired) electrons. The summed E-state index contributed by atoms with van der Waals surface area (Å²) in [6.45, 7) is 13.8. The van der Waals surface area contributed by atoms with Crippen molar-refractivity contribution in [1.82, 2.24) is 9.80 Å². The number of ether oxygens (including phenoxy) is 3. The van der Waals surface area contributed by atoms with Crippen LogP contribution in [0.5, 0.6) is 0 Å². The Morgan fingerprint density at radius 1 is 1.16 bits per heavy atom. The molecule has 1 amide bonds. The van der Waals surface area contributed by atoms with Gasteiger partial charge in [-0.05, 0) is 70.9 Å². The second-order valence-corrected chi connectivity index (χ2v) is 15.8. The van der Waals surface area contributed by atoms with E-state index in [0.717, 1.165) is 19.5 Å². The molecule has 3 fully saturated rings. The lowest BCUT2D eigenvalue weighted by molar-refractivity contribution is -0.151. The van der Waals surface area contributed by atoms with Crippen LogP contribution in [-0.4, -0.2) is 122 Å². The van der Waals surface area contributed by atoms with Crippen LogP contribution in [0.15, 0.2) is 36.0 Å². The van der Waals surface area contributed by atoms with Crippen LogP contribution in [0.1, 0.15) is 106 Å². The molecule has 4 aliphatic rings. The first-order valence-electron chi connectivity index (χ1n) is 19.0. The molecule has 0 aromatic heterocycles. The Balaban J connectivity index is 1.44. The molecule has 10 unspecified atom stereocenters. The maximum Gasteiger partial charge on any atom is 0.410 e. The number of nitrogens with zero attached hydrogens (tertiary/aromatic N) is 2. The Bertz CT molecular complexity index is 1210. The lowest BCUT2D eigenvalue weighted by Crippen LogP contribution is -2.46. The van der Waals surface area contributed by atoms with Gasteiger partial charge in [0.05, 0.1) is 36.4 Å². The van der Waals surface area contributed by atoms with E-state index in [0.29, 0.717) is 37.5 Å². The quantitative estimate of drug-likeness (QED) is 0.109. The summed E-state index contributed by atoms with van der Waals surface area (Å²) in [5.74, 6) is -0.935. The van der Waals surface area contributed by atoms with Crippen molar-refractivity contribution in [3.63, 3.8) is 0 Å². The highest BCUT2D eigenvalue weighted by atomic mass is 16.6. The number of hydrogen-bond acceptors (Lipinski definition) is 10. The molecule has 11 heteroatoms. The molecule has 3 aliphatic heterocycles. The maximum absolute atomic E-state index is 13.5. The van der Waals surface area contributed by atoms with Gasteiger partial charge in [0.2, 0.25) is 0 Å². The van der Waals surface area contributed by atoms with Crippen LogP contribution in [0.3, 0.4) is 0 Å². The van der Waals surface area contributed by atoms with Gasteiger partial charge in [0, 0.05) is 50.5 Å². The number of rotatable bonds is 10. The Morgan fingerprint density at radius 3 is 2.58 bits per heavy atom. The lowest BCUT2D eigenvalue weighted by Gasteiger charge is -2.34. The largest absolute Gasteiger partial charge is 0.457 e. The summed E-state index contributed by atoms with van der Waals surface area (Å²) < 4.78 is 17.7. The summed E-state index contributed by atoms with van der Waals surface area (Å²) in [7, 11) is 0. The summed E-state index contributed by atoms with van der Waals surface area (Å²) >= 11 is 0. The summed E-state index contributed by atoms with van der Waals surface area (Å²) in [6.07, 6.45) is 11.7. The van der Waals surface area contributed by atoms with Crippen LogP contribution < -0.4 is 0 Å². The smallest absolute Gasteiger partial charge is 0.410 e. The van der Waals surface area contributed by atoms with Gasteiger partial charge in [-0.3, -0.25) is 9.69 Å². The van der Waals surface area contributed by atoms with Gasteiger partial charge in [-0.1, -0.05) is 57.9 Å². The number of carbonyl (C=O) groups excluding carboxylic acids is 2. The van der Waals surface area contributed by atoms with E-state index in [-0.39, 0.29) is 43.3 Å². The van der Waals surface area contributed by atoms with Crippen LogP contribution in [0.2, 0.25) is 0 Å². The van der Waals surface area contributed by atoms with Crippen molar-refractivity contribution in [1.29, 1.82) is 0 Å². The normalized spacial score (nSPS) is 35.7. The molecule has 10 atom stereocenters. The SMILES string of the molecule is CCC(O)C(C)C1OC1CC(C)(O)/C=C/C=C(\C)C1OC(=O)CC(O)CCC(C)(O)C(OC(=O)N2CCCN(C3CCCC3)CC2)/C=C\C1C. The van der Waals surface area contributed by atoms with Crippen molar-refractivity contribution < 1.29 is 44.2 Å². The van der Waals surface area contributed by atoms with E-state index >= 15 is 0 Å². The molecular formula is C39H64N2O9. The van der Waals surface area contributed by atoms with Gasteiger partial charge in [-0.2, -0.15) is 0 Å². The Labute approximate surface area is 299 Å². The molecule has 2 saturated heterocycles. The van der Waals surface area contributed by atoms with Crippen LogP contribution in [0.25, 0.3) is 0 Å². The highest BCUT2D eigenvalue weighted by Gasteiger charge is 2.47. The molecule has 0 bridgehead atoms. The average Bonchev–Trinajstić information content (AvgIpc) is 3.68. The highest BCUT2D eigenvalue weighted by Crippen LogP contribution is 2.37. The number of allylic oxidation sites excluding steroid dienone is 2. The Hall–Kier alpha value is -2.28. The van der Waals surface area contributed by atoms with E-state index in [1.54, 1.807) is 49.1 Å². The third-order valence-corrected chi connectivity index (χ3v) is 11.2. The number of aliphatic hydroxyl groups excluding tert-OH is 2. The van der Waals surface area contributed by atoms with Crippen molar-refractivity contribution in [2.24, 2.45) is 11.8 Å². The Kier molecular flexibility index (Phi) is 14.6. The molecule has 0 aromatic rings. The summed E-state index contributed by atoms with van der Waals surface area (Å²) in [4.78, 5) is 30.6. The second-order valence-electron chi connectivity index (χ2n) is 15.8. The predicted molar refractivity (Wildman–Crippen MR) is 191 cm³/mol. The van der Waals surface area contributed by atoms with Crippen LogP contribution in [0.4, 0.5) is 4.79 Å². The summed E-state index contributed by atoms with van der Waals surface area (Å²) in [6, 6.07) is 0.595. The van der Waals surface area contributed by atoms with Crippen LogP contribution in [0, 0.1) is 11.8 Å². The molecule has 0 aromatic carbocycles. The zero-order valence-electron chi connectivity index (χ0n) is 31.2. The summed E-state index contributed by atoms with van der Waals surface area (Å²) in [5, 5.41) is 43.4. The van der Waals surface area contributed by atoms with E-state index in [1.807, 2.05) is 27.7 Å². The number of esters is 1. The zero-order chi connectivity index (χ0) is 36.6. The number of carbonyl (C=O) groups is 2. The topological polar surface area (TPSA) is 153 Å². The molecule has 0 spiro atoms. The van der Waals surface area contributed by atoms with E-state index in [2.05, 4.69) is 4.90 Å². The first kappa shape index (κ1) is 40.5. The fourth-order valence-corrected chi connectivity index (χ4v) is 7.74. The summed E-state index contributed by atoms with van der Waals surface area (Å²) in [5.41, 5.74) is -1.93. The average molecular weight is 705 g/mol. The number of cyclic esters (lactones) is 1. The number of amides is 1. The molecule has 11 nitrogen and oxygen atoms in total. The molecule has 1 saturated carbocycles. The first-order chi connectivity index (χ1) is 23.6. The Morgan fingerprint density at radius 2 is 1.88 bits per heavy atom. The second kappa shape index (κ2) is 18.0. The molecule has 3 heterocycles.